The fourth-order valence-corrected chi connectivity index (χ4v) is 2.03. The summed E-state index contributed by atoms with van der Waals surface area (Å²) in [6.07, 6.45) is 2.17. The molecule has 0 saturated heterocycles. The fourth-order valence-electron chi connectivity index (χ4n) is 2.03. The largest absolute Gasteiger partial charge is 0.351 e. The summed E-state index contributed by atoms with van der Waals surface area (Å²) in [6, 6.07) is 0. The van der Waals surface area contributed by atoms with Crippen LogP contribution in [0.25, 0.3) is 0 Å². The zero-order chi connectivity index (χ0) is 12.2. The molecule has 2 N–H and O–H groups in total. The summed E-state index contributed by atoms with van der Waals surface area (Å²) in [7, 11) is 0. The number of carbonyl (C=O) groups is 1. The zero-order valence-corrected chi connectivity index (χ0v) is 10.8. The normalized spacial score (nSPS) is 32.1. The monoisotopic (exact) mass is 223 g/mol. The third-order valence-electron chi connectivity index (χ3n) is 3.68. The van der Waals surface area contributed by atoms with Crippen molar-refractivity contribution in [2.45, 2.75) is 58.5 Å². The van der Waals surface area contributed by atoms with Gasteiger partial charge in [-0.15, -0.1) is 0 Å². The van der Waals surface area contributed by atoms with Gasteiger partial charge in [-0.3, -0.25) is 10.1 Å². The van der Waals surface area contributed by atoms with Crippen molar-refractivity contribution < 1.29 is 4.79 Å². The van der Waals surface area contributed by atoms with Gasteiger partial charge in [-0.1, -0.05) is 6.92 Å². The molecule has 1 aliphatic heterocycles. The van der Waals surface area contributed by atoms with Crippen LogP contribution in [-0.4, -0.2) is 22.9 Å². The molecule has 0 radical (unpaired) electrons. The van der Waals surface area contributed by atoms with Gasteiger partial charge in [-0.05, 0) is 40.5 Å². The molecular formula is C12H21N3O. The van der Waals surface area contributed by atoms with Crippen molar-refractivity contribution in [2.24, 2.45) is 10.4 Å². The smallest absolute Gasteiger partial charge is 0.254 e. The molecule has 1 heterocycles. The van der Waals surface area contributed by atoms with Crippen LogP contribution in [0.2, 0.25) is 0 Å². The van der Waals surface area contributed by atoms with Gasteiger partial charge < -0.3 is 5.32 Å². The summed E-state index contributed by atoms with van der Waals surface area (Å²) in [5, 5.41) is 6.07. The maximum Gasteiger partial charge on any atom is 0.254 e. The Morgan fingerprint density at radius 3 is 2.31 bits per heavy atom. The van der Waals surface area contributed by atoms with Crippen LogP contribution in [0.3, 0.4) is 0 Å². The van der Waals surface area contributed by atoms with Crippen LogP contribution in [0.1, 0.15) is 47.5 Å². The SMILES string of the molecule is CC(C)(C)NC1=NC(C)(C2(C)CC2)C(=O)N1. The third-order valence-corrected chi connectivity index (χ3v) is 3.68. The molecule has 1 unspecified atom stereocenters. The van der Waals surface area contributed by atoms with E-state index in [-0.39, 0.29) is 16.9 Å². The molecule has 1 saturated carbocycles. The van der Waals surface area contributed by atoms with Gasteiger partial charge in [-0.2, -0.15) is 0 Å². The molecule has 0 aromatic carbocycles. The molecule has 0 spiro atoms. The van der Waals surface area contributed by atoms with Gasteiger partial charge in [0.15, 0.2) is 5.96 Å². The van der Waals surface area contributed by atoms with Gasteiger partial charge in [0, 0.05) is 11.0 Å². The Labute approximate surface area is 96.9 Å². The summed E-state index contributed by atoms with van der Waals surface area (Å²) < 4.78 is 0. The minimum absolute atomic E-state index is 0.0271. The standard InChI is InChI=1S/C12H21N3O/c1-10(2,3)14-9-13-8(16)12(5,15-9)11(4)6-7-11/h6-7H2,1-5H3,(H2,13,14,15,16). The summed E-state index contributed by atoms with van der Waals surface area (Å²) in [5.41, 5.74) is -0.610. The number of nitrogens with one attached hydrogen (secondary N) is 2. The van der Waals surface area contributed by atoms with Crippen LogP contribution in [0.15, 0.2) is 4.99 Å². The Bertz CT molecular complexity index is 363. The molecule has 1 amide bonds. The first-order chi connectivity index (χ1) is 7.16. The van der Waals surface area contributed by atoms with E-state index in [4.69, 9.17) is 0 Å². The highest BCUT2D eigenvalue weighted by atomic mass is 16.2. The molecule has 1 aliphatic carbocycles. The predicted molar refractivity (Wildman–Crippen MR) is 64.2 cm³/mol. The first-order valence-corrected chi connectivity index (χ1v) is 5.86. The van der Waals surface area contributed by atoms with Crippen LogP contribution in [-0.2, 0) is 4.79 Å². The van der Waals surface area contributed by atoms with Crippen LogP contribution < -0.4 is 10.6 Å². The number of aliphatic imine (C=N–C) groups is 1. The quantitative estimate of drug-likeness (QED) is 0.706. The lowest BCUT2D eigenvalue weighted by molar-refractivity contribution is -0.125. The molecular weight excluding hydrogens is 202 g/mol. The fraction of sp³-hybridized carbons (Fsp3) is 0.833. The molecule has 0 aromatic heterocycles. The van der Waals surface area contributed by atoms with Gasteiger partial charge in [0.1, 0.15) is 5.54 Å². The van der Waals surface area contributed by atoms with E-state index in [1.807, 2.05) is 6.92 Å². The number of hydrogen-bond donors (Lipinski definition) is 2. The molecule has 16 heavy (non-hydrogen) atoms. The number of rotatable bonds is 1. The van der Waals surface area contributed by atoms with Crippen molar-refractivity contribution >= 4 is 11.9 Å². The summed E-state index contributed by atoms with van der Waals surface area (Å²) in [5.74, 6) is 0.646. The van der Waals surface area contributed by atoms with Crippen molar-refractivity contribution in [1.82, 2.24) is 10.6 Å². The van der Waals surface area contributed by atoms with E-state index < -0.39 is 5.54 Å². The average molecular weight is 223 g/mol. The second-order valence-electron chi connectivity index (χ2n) is 6.42. The second-order valence-corrected chi connectivity index (χ2v) is 6.42. The Balaban J connectivity index is 2.20. The van der Waals surface area contributed by atoms with Crippen molar-refractivity contribution in [2.75, 3.05) is 0 Å². The minimum atomic E-state index is -0.583. The Morgan fingerprint density at radius 2 is 1.88 bits per heavy atom. The molecule has 90 valence electrons. The highest BCUT2D eigenvalue weighted by molar-refractivity contribution is 6.08. The highest BCUT2D eigenvalue weighted by Crippen LogP contribution is 2.56. The number of amides is 1. The van der Waals surface area contributed by atoms with Gasteiger partial charge in [0.25, 0.3) is 5.91 Å². The molecule has 0 bridgehead atoms. The van der Waals surface area contributed by atoms with E-state index in [0.717, 1.165) is 12.8 Å². The second kappa shape index (κ2) is 2.99. The number of nitrogens with zero attached hydrogens (tertiary/aromatic N) is 1. The van der Waals surface area contributed by atoms with E-state index in [9.17, 15) is 4.79 Å². The Kier molecular flexibility index (Phi) is 2.14. The van der Waals surface area contributed by atoms with Crippen molar-refractivity contribution in [3.8, 4) is 0 Å². The summed E-state index contributed by atoms with van der Waals surface area (Å²) in [4.78, 5) is 16.6. The van der Waals surface area contributed by atoms with Gasteiger partial charge in [0.05, 0.1) is 0 Å². The topological polar surface area (TPSA) is 53.5 Å². The maximum absolute atomic E-state index is 12.0. The lowest BCUT2D eigenvalue weighted by Gasteiger charge is -2.25. The van der Waals surface area contributed by atoms with E-state index >= 15 is 0 Å². The maximum atomic E-state index is 12.0. The first-order valence-electron chi connectivity index (χ1n) is 5.86. The number of guanidine groups is 1. The molecule has 4 nitrogen and oxygen atoms in total. The lowest BCUT2D eigenvalue weighted by Crippen LogP contribution is -2.48. The Morgan fingerprint density at radius 1 is 1.31 bits per heavy atom. The van der Waals surface area contributed by atoms with E-state index in [0.29, 0.717) is 5.96 Å². The molecule has 1 atom stereocenters. The van der Waals surface area contributed by atoms with Crippen molar-refractivity contribution in [1.29, 1.82) is 0 Å². The zero-order valence-electron chi connectivity index (χ0n) is 10.8. The third kappa shape index (κ3) is 1.70. The van der Waals surface area contributed by atoms with Crippen LogP contribution in [0, 0.1) is 5.41 Å². The molecule has 4 heteroatoms. The van der Waals surface area contributed by atoms with E-state index in [1.165, 1.54) is 0 Å². The summed E-state index contributed by atoms with van der Waals surface area (Å²) >= 11 is 0. The van der Waals surface area contributed by atoms with E-state index in [2.05, 4.69) is 43.3 Å². The molecule has 0 aromatic rings. The Hall–Kier alpha value is -1.06. The predicted octanol–water partition coefficient (Wildman–Crippen LogP) is 1.42. The molecule has 2 aliphatic rings. The highest BCUT2D eigenvalue weighted by Gasteiger charge is 2.60. The van der Waals surface area contributed by atoms with Crippen molar-refractivity contribution in [3.63, 3.8) is 0 Å². The van der Waals surface area contributed by atoms with Gasteiger partial charge in [-0.25, -0.2) is 4.99 Å². The minimum Gasteiger partial charge on any atom is -0.351 e. The average Bonchev–Trinajstić information content (AvgIpc) is 2.75. The molecule has 1 fully saturated rings. The van der Waals surface area contributed by atoms with Gasteiger partial charge >= 0.3 is 0 Å². The number of carbonyl (C=O) groups excluding carboxylic acids is 1. The van der Waals surface area contributed by atoms with Crippen LogP contribution in [0.5, 0.6) is 0 Å². The van der Waals surface area contributed by atoms with Crippen LogP contribution in [0.4, 0.5) is 0 Å². The molecule has 2 rings (SSSR count). The number of hydrogen-bond acceptors (Lipinski definition) is 3. The van der Waals surface area contributed by atoms with E-state index in [1.54, 1.807) is 0 Å². The van der Waals surface area contributed by atoms with Gasteiger partial charge in [0.2, 0.25) is 0 Å². The summed E-state index contributed by atoms with van der Waals surface area (Å²) in [6.45, 7) is 10.2. The van der Waals surface area contributed by atoms with Crippen molar-refractivity contribution in [3.05, 3.63) is 0 Å². The van der Waals surface area contributed by atoms with Crippen LogP contribution >= 0.6 is 0 Å². The first kappa shape index (κ1) is 11.4. The lowest BCUT2D eigenvalue weighted by atomic mass is 9.84.